The van der Waals surface area contributed by atoms with E-state index in [1.165, 1.54) is 11.3 Å². The van der Waals surface area contributed by atoms with Crippen molar-refractivity contribution in [1.82, 2.24) is 10.3 Å². The number of hydrogen-bond acceptors (Lipinski definition) is 5. The number of nitrogen functional groups attached to an aromatic ring is 1. The largest absolute Gasteiger partial charge is 0.397 e. The van der Waals surface area contributed by atoms with Gasteiger partial charge in [-0.1, -0.05) is 0 Å². The van der Waals surface area contributed by atoms with Crippen molar-refractivity contribution in [1.29, 1.82) is 0 Å². The third-order valence-corrected chi connectivity index (χ3v) is 3.93. The molecule has 2 aromatic rings. The van der Waals surface area contributed by atoms with Crippen molar-refractivity contribution in [3.63, 3.8) is 0 Å². The van der Waals surface area contributed by atoms with E-state index in [-0.39, 0.29) is 19.1 Å². The maximum atomic E-state index is 12.0. The number of nitrogens with zero attached hydrogens (tertiary/aromatic N) is 1. The van der Waals surface area contributed by atoms with Crippen LogP contribution in [0.1, 0.15) is 15.2 Å². The Labute approximate surface area is 124 Å². The molecule has 0 aliphatic heterocycles. The van der Waals surface area contributed by atoms with E-state index in [0.717, 1.165) is 10.9 Å². The summed E-state index contributed by atoms with van der Waals surface area (Å²) in [5.41, 5.74) is 7.34. The summed E-state index contributed by atoms with van der Waals surface area (Å²) < 4.78 is 28.4. The highest BCUT2D eigenvalue weighted by Gasteiger charge is 2.17. The molecule has 8 heteroatoms. The first-order chi connectivity index (χ1) is 10.0. The molecule has 0 aliphatic rings. The number of pyridine rings is 1. The molecule has 2 rings (SSSR count). The van der Waals surface area contributed by atoms with Crippen LogP contribution in [0.25, 0.3) is 10.2 Å². The number of nitrogens with one attached hydrogen (secondary N) is 1. The van der Waals surface area contributed by atoms with Crippen LogP contribution in [0.3, 0.4) is 0 Å². The highest BCUT2D eigenvalue weighted by atomic mass is 32.1. The third kappa shape index (κ3) is 3.64. The first kappa shape index (κ1) is 15.6. The molecular weight excluding hydrogens is 300 g/mol. The van der Waals surface area contributed by atoms with Gasteiger partial charge >= 0.3 is 0 Å². The van der Waals surface area contributed by atoms with Gasteiger partial charge in [0.05, 0.1) is 12.3 Å². The number of amides is 1. The summed E-state index contributed by atoms with van der Waals surface area (Å²) >= 11 is 1.21. The van der Waals surface area contributed by atoms with Crippen molar-refractivity contribution in [2.75, 3.05) is 25.5 Å². The fourth-order valence-corrected chi connectivity index (χ4v) is 2.92. The van der Waals surface area contributed by atoms with Crippen molar-refractivity contribution >= 4 is 33.1 Å². The molecule has 0 aliphatic carbocycles. The number of thiophene rings is 1. The standard InChI is InChI=1S/C13H15F2N3O2S/c1-7-2-3-18-13-9(7)10(16)11(21-13)12(19)17-4-5-20-6-8(14)15/h2-3,8H,4-6,16H2,1H3,(H,17,19). The summed E-state index contributed by atoms with van der Waals surface area (Å²) in [4.78, 5) is 17.3. The second-order valence-corrected chi connectivity index (χ2v) is 5.37. The predicted molar refractivity (Wildman–Crippen MR) is 77.9 cm³/mol. The van der Waals surface area contributed by atoms with Gasteiger partial charge in [0, 0.05) is 18.1 Å². The Morgan fingerprint density at radius 2 is 2.33 bits per heavy atom. The van der Waals surface area contributed by atoms with Crippen LogP contribution < -0.4 is 11.1 Å². The minimum absolute atomic E-state index is 0.0260. The number of aromatic nitrogens is 1. The van der Waals surface area contributed by atoms with E-state index < -0.39 is 13.0 Å². The molecule has 114 valence electrons. The van der Waals surface area contributed by atoms with Gasteiger partial charge in [0.15, 0.2) is 0 Å². The van der Waals surface area contributed by atoms with E-state index in [4.69, 9.17) is 5.73 Å². The van der Waals surface area contributed by atoms with Crippen LogP contribution in [-0.2, 0) is 4.74 Å². The number of carbonyl (C=O) groups is 1. The Morgan fingerprint density at radius 1 is 1.57 bits per heavy atom. The number of hydrogen-bond donors (Lipinski definition) is 2. The second kappa shape index (κ2) is 6.77. The molecule has 1 amide bonds. The smallest absolute Gasteiger partial charge is 0.263 e. The molecule has 0 atom stereocenters. The summed E-state index contributed by atoms with van der Waals surface area (Å²) in [6.07, 6.45) is -0.846. The second-order valence-electron chi connectivity index (χ2n) is 4.37. The van der Waals surface area contributed by atoms with Crippen LogP contribution in [0.15, 0.2) is 12.3 Å². The maximum absolute atomic E-state index is 12.0. The molecule has 5 nitrogen and oxygen atoms in total. The van der Waals surface area contributed by atoms with Crippen LogP contribution in [-0.4, -0.2) is 37.1 Å². The number of ether oxygens (including phenoxy) is 1. The Bertz CT molecular complexity index is 646. The van der Waals surface area contributed by atoms with Gasteiger partial charge in [-0.2, -0.15) is 0 Å². The number of nitrogens with two attached hydrogens (primary N) is 1. The molecule has 0 saturated heterocycles. The average molecular weight is 315 g/mol. The summed E-state index contributed by atoms with van der Waals surface area (Å²) in [5, 5.41) is 3.37. The molecule has 0 unspecified atom stereocenters. The monoisotopic (exact) mass is 315 g/mol. The van der Waals surface area contributed by atoms with Crippen LogP contribution >= 0.6 is 11.3 Å². The number of carbonyl (C=O) groups excluding carboxylic acids is 1. The van der Waals surface area contributed by atoms with Gasteiger partial charge in [-0.15, -0.1) is 11.3 Å². The van der Waals surface area contributed by atoms with Gasteiger partial charge in [0.2, 0.25) is 0 Å². The van der Waals surface area contributed by atoms with E-state index >= 15 is 0 Å². The third-order valence-electron chi connectivity index (χ3n) is 2.82. The van der Waals surface area contributed by atoms with Gasteiger partial charge in [-0.25, -0.2) is 13.8 Å². The lowest BCUT2D eigenvalue weighted by atomic mass is 10.2. The minimum atomic E-state index is -2.51. The lowest BCUT2D eigenvalue weighted by molar-refractivity contribution is 0.0188. The first-order valence-corrected chi connectivity index (χ1v) is 7.10. The SMILES string of the molecule is Cc1ccnc2sc(C(=O)NCCOCC(F)F)c(N)c12. The van der Waals surface area contributed by atoms with Crippen LogP contribution in [0.4, 0.5) is 14.5 Å². The zero-order chi connectivity index (χ0) is 15.4. The summed E-state index contributed by atoms with van der Waals surface area (Å²) in [7, 11) is 0. The van der Waals surface area contributed by atoms with Gasteiger partial charge in [-0.3, -0.25) is 4.79 Å². The molecular formula is C13H15F2N3O2S. The lowest BCUT2D eigenvalue weighted by Crippen LogP contribution is -2.27. The molecule has 0 spiro atoms. The molecule has 0 radical (unpaired) electrons. The lowest BCUT2D eigenvalue weighted by Gasteiger charge is -2.05. The molecule has 3 N–H and O–H groups in total. The van der Waals surface area contributed by atoms with E-state index in [2.05, 4.69) is 15.0 Å². The van der Waals surface area contributed by atoms with Crippen molar-refractivity contribution < 1.29 is 18.3 Å². The van der Waals surface area contributed by atoms with Gasteiger partial charge in [0.25, 0.3) is 12.3 Å². The van der Waals surface area contributed by atoms with E-state index in [0.29, 0.717) is 15.4 Å². The van der Waals surface area contributed by atoms with Crippen LogP contribution in [0, 0.1) is 6.92 Å². The fourth-order valence-electron chi connectivity index (χ4n) is 1.86. The number of aryl methyl sites for hydroxylation is 1. The number of fused-ring (bicyclic) bond motifs is 1. The summed E-state index contributed by atoms with van der Waals surface area (Å²) in [5.74, 6) is -0.351. The Morgan fingerprint density at radius 3 is 3.00 bits per heavy atom. The fraction of sp³-hybridized carbons (Fsp3) is 0.385. The van der Waals surface area contributed by atoms with Crippen molar-refractivity contribution in [2.45, 2.75) is 13.3 Å². The minimum Gasteiger partial charge on any atom is -0.397 e. The average Bonchev–Trinajstić information content (AvgIpc) is 2.76. The van der Waals surface area contributed by atoms with Crippen molar-refractivity contribution in [3.05, 3.63) is 22.7 Å². The van der Waals surface area contributed by atoms with Gasteiger partial charge in [-0.05, 0) is 18.6 Å². The number of rotatable bonds is 6. The summed E-state index contributed by atoms with van der Waals surface area (Å²) in [6.45, 7) is 1.43. The zero-order valence-electron chi connectivity index (χ0n) is 11.4. The molecule has 0 bridgehead atoms. The number of halogens is 2. The highest BCUT2D eigenvalue weighted by molar-refractivity contribution is 7.21. The highest BCUT2D eigenvalue weighted by Crippen LogP contribution is 2.34. The van der Waals surface area contributed by atoms with Crippen molar-refractivity contribution in [2.24, 2.45) is 0 Å². The normalized spacial score (nSPS) is 11.2. The Kier molecular flexibility index (Phi) is 5.03. The van der Waals surface area contributed by atoms with Gasteiger partial charge < -0.3 is 15.8 Å². The van der Waals surface area contributed by atoms with E-state index in [1.807, 2.05) is 13.0 Å². The van der Waals surface area contributed by atoms with E-state index in [1.54, 1.807) is 6.20 Å². The number of alkyl halides is 2. The van der Waals surface area contributed by atoms with Gasteiger partial charge in [0.1, 0.15) is 16.3 Å². The molecule has 21 heavy (non-hydrogen) atoms. The quantitative estimate of drug-likeness (QED) is 0.801. The van der Waals surface area contributed by atoms with Crippen molar-refractivity contribution in [3.8, 4) is 0 Å². The van der Waals surface area contributed by atoms with Crippen LogP contribution in [0.2, 0.25) is 0 Å². The zero-order valence-corrected chi connectivity index (χ0v) is 12.2. The predicted octanol–water partition coefficient (Wildman–Crippen LogP) is 2.20. The van der Waals surface area contributed by atoms with E-state index in [9.17, 15) is 13.6 Å². The first-order valence-electron chi connectivity index (χ1n) is 6.28. The molecule has 0 aromatic carbocycles. The maximum Gasteiger partial charge on any atom is 0.263 e. The Hall–Kier alpha value is -1.80. The molecule has 2 aromatic heterocycles. The number of anilines is 1. The summed E-state index contributed by atoms with van der Waals surface area (Å²) in [6, 6.07) is 1.82. The topological polar surface area (TPSA) is 77.2 Å². The molecule has 0 saturated carbocycles. The molecule has 2 heterocycles. The van der Waals surface area contributed by atoms with Crippen LogP contribution in [0.5, 0.6) is 0 Å². The Balaban J connectivity index is 2.00. The molecule has 0 fully saturated rings.